The fourth-order valence-corrected chi connectivity index (χ4v) is 5.39. The minimum atomic E-state index is -0.550. The number of halogens is 1. The Kier molecular flexibility index (Phi) is 5.97. The van der Waals surface area contributed by atoms with Crippen molar-refractivity contribution in [1.29, 1.82) is 0 Å². The van der Waals surface area contributed by atoms with Gasteiger partial charge in [-0.05, 0) is 49.8 Å². The molecule has 1 atom stereocenters. The molecule has 3 heterocycles. The van der Waals surface area contributed by atoms with Crippen molar-refractivity contribution in [2.75, 3.05) is 5.32 Å². The van der Waals surface area contributed by atoms with E-state index < -0.39 is 6.17 Å². The number of aryl methyl sites for hydroxylation is 2. The number of para-hydroxylation sites is 1. The SMILES string of the molecule is CCc1cc2c(s1)-n1c(C)nnc1C(NC(=S)Nc1ccccc1)N=C2c1ccccc1Cl. The molecule has 0 saturated carbocycles. The van der Waals surface area contributed by atoms with E-state index in [1.165, 1.54) is 4.88 Å². The van der Waals surface area contributed by atoms with Crippen molar-refractivity contribution in [2.45, 2.75) is 26.4 Å². The van der Waals surface area contributed by atoms with Gasteiger partial charge in [-0.1, -0.05) is 54.9 Å². The maximum Gasteiger partial charge on any atom is 0.183 e. The highest BCUT2D eigenvalue weighted by molar-refractivity contribution is 7.80. The lowest BCUT2D eigenvalue weighted by Gasteiger charge is -2.17. The highest BCUT2D eigenvalue weighted by Crippen LogP contribution is 2.36. The van der Waals surface area contributed by atoms with Gasteiger partial charge in [0.05, 0.1) is 5.71 Å². The van der Waals surface area contributed by atoms with Crippen molar-refractivity contribution in [3.05, 3.63) is 93.3 Å². The number of thiocarbonyl (C=S) groups is 1. The minimum absolute atomic E-state index is 0.445. The van der Waals surface area contributed by atoms with Crippen molar-refractivity contribution in [3.63, 3.8) is 0 Å². The van der Waals surface area contributed by atoms with Gasteiger partial charge in [-0.15, -0.1) is 21.5 Å². The molecule has 4 aromatic rings. The van der Waals surface area contributed by atoms with E-state index in [4.69, 9.17) is 28.8 Å². The summed E-state index contributed by atoms with van der Waals surface area (Å²) in [5, 5.41) is 17.5. The number of anilines is 1. The van der Waals surface area contributed by atoms with Gasteiger partial charge in [0.1, 0.15) is 10.8 Å². The molecular formula is C24H21ClN6S2. The van der Waals surface area contributed by atoms with Crippen LogP contribution in [0, 0.1) is 6.92 Å². The predicted molar refractivity (Wildman–Crippen MR) is 139 cm³/mol. The van der Waals surface area contributed by atoms with E-state index in [0.29, 0.717) is 16.0 Å². The molecule has 6 nitrogen and oxygen atoms in total. The Morgan fingerprint density at radius 3 is 2.61 bits per heavy atom. The minimum Gasteiger partial charge on any atom is -0.334 e. The zero-order valence-electron chi connectivity index (χ0n) is 18.0. The van der Waals surface area contributed by atoms with Gasteiger partial charge < -0.3 is 10.6 Å². The third-order valence-electron chi connectivity index (χ3n) is 5.35. The van der Waals surface area contributed by atoms with E-state index in [-0.39, 0.29) is 0 Å². The summed E-state index contributed by atoms with van der Waals surface area (Å²) in [6.07, 6.45) is 0.377. The highest BCUT2D eigenvalue weighted by atomic mass is 35.5. The molecule has 0 spiro atoms. The summed E-state index contributed by atoms with van der Waals surface area (Å²) in [4.78, 5) is 6.36. The second-order valence-corrected chi connectivity index (χ2v) is 9.48. The molecule has 0 radical (unpaired) electrons. The molecule has 0 aliphatic carbocycles. The van der Waals surface area contributed by atoms with Gasteiger partial charge in [-0.2, -0.15) is 0 Å². The van der Waals surface area contributed by atoms with E-state index in [2.05, 4.69) is 38.4 Å². The van der Waals surface area contributed by atoms with E-state index in [9.17, 15) is 0 Å². The van der Waals surface area contributed by atoms with Crippen molar-refractivity contribution in [3.8, 4) is 5.00 Å². The molecule has 0 amide bonds. The standard InChI is InChI=1S/C24H21ClN6S2/c1-3-16-13-18-20(17-11-7-8-12-19(17)25)27-21(22-30-29-14(2)31(22)23(18)33-16)28-24(32)26-15-9-5-4-6-10-15/h4-13,21H,3H2,1-2H3,(H2,26,28,32). The molecular weight excluding hydrogens is 472 g/mol. The molecule has 1 aliphatic rings. The quantitative estimate of drug-likeness (QED) is 0.358. The molecule has 5 rings (SSSR count). The number of benzene rings is 2. The van der Waals surface area contributed by atoms with Crippen molar-refractivity contribution in [2.24, 2.45) is 4.99 Å². The van der Waals surface area contributed by atoms with Crippen molar-refractivity contribution < 1.29 is 0 Å². The third-order valence-corrected chi connectivity index (χ3v) is 7.17. The molecule has 33 heavy (non-hydrogen) atoms. The summed E-state index contributed by atoms with van der Waals surface area (Å²) in [5.74, 6) is 1.47. The van der Waals surface area contributed by atoms with E-state index in [1.54, 1.807) is 11.3 Å². The van der Waals surface area contributed by atoms with Crippen LogP contribution in [0.1, 0.15) is 40.7 Å². The zero-order chi connectivity index (χ0) is 22.9. The lowest BCUT2D eigenvalue weighted by molar-refractivity contribution is 0.628. The lowest BCUT2D eigenvalue weighted by atomic mass is 10.0. The number of hydrogen-bond donors (Lipinski definition) is 2. The van der Waals surface area contributed by atoms with Gasteiger partial charge in [-0.3, -0.25) is 9.56 Å². The Morgan fingerprint density at radius 2 is 1.85 bits per heavy atom. The summed E-state index contributed by atoms with van der Waals surface area (Å²) in [6.45, 7) is 4.10. The Balaban J connectivity index is 1.63. The average molecular weight is 493 g/mol. The monoisotopic (exact) mass is 492 g/mol. The van der Waals surface area contributed by atoms with Gasteiger partial charge in [0.15, 0.2) is 17.1 Å². The predicted octanol–water partition coefficient (Wildman–Crippen LogP) is 5.69. The van der Waals surface area contributed by atoms with Crippen LogP contribution >= 0.6 is 35.2 Å². The summed E-state index contributed by atoms with van der Waals surface area (Å²) in [5.41, 5.74) is 3.58. The first-order chi connectivity index (χ1) is 16.0. The number of thiophene rings is 1. The number of nitrogens with one attached hydrogen (secondary N) is 2. The summed E-state index contributed by atoms with van der Waals surface area (Å²) < 4.78 is 2.06. The van der Waals surface area contributed by atoms with Crippen LogP contribution < -0.4 is 10.6 Å². The Labute approximate surface area is 206 Å². The van der Waals surface area contributed by atoms with E-state index in [0.717, 1.165) is 39.8 Å². The highest BCUT2D eigenvalue weighted by Gasteiger charge is 2.30. The number of aromatic nitrogens is 3. The molecule has 0 saturated heterocycles. The molecule has 1 aliphatic heterocycles. The molecule has 0 bridgehead atoms. The Morgan fingerprint density at radius 1 is 1.09 bits per heavy atom. The second-order valence-electron chi connectivity index (χ2n) is 7.55. The Hall–Kier alpha value is -3.07. The zero-order valence-corrected chi connectivity index (χ0v) is 20.4. The van der Waals surface area contributed by atoms with Crippen LogP contribution in [0.15, 0.2) is 65.7 Å². The van der Waals surface area contributed by atoms with Crippen molar-refractivity contribution >= 4 is 51.7 Å². The summed E-state index contributed by atoms with van der Waals surface area (Å²) in [6, 6.07) is 19.7. The summed E-state index contributed by atoms with van der Waals surface area (Å²) >= 11 is 14.0. The van der Waals surface area contributed by atoms with Crippen LogP contribution in [0.2, 0.25) is 5.02 Å². The fourth-order valence-electron chi connectivity index (χ4n) is 3.78. The largest absolute Gasteiger partial charge is 0.334 e. The smallest absolute Gasteiger partial charge is 0.183 e. The fraction of sp³-hybridized carbons (Fsp3) is 0.167. The number of rotatable bonds is 4. The maximum absolute atomic E-state index is 6.62. The molecule has 0 fully saturated rings. The number of hydrogen-bond acceptors (Lipinski definition) is 5. The number of nitrogens with zero attached hydrogens (tertiary/aromatic N) is 4. The maximum atomic E-state index is 6.62. The van der Waals surface area contributed by atoms with Gasteiger partial charge in [0.25, 0.3) is 0 Å². The van der Waals surface area contributed by atoms with Crippen LogP contribution in [-0.2, 0) is 6.42 Å². The number of aliphatic imine (C=N–C) groups is 1. The lowest BCUT2D eigenvalue weighted by Crippen LogP contribution is -2.33. The van der Waals surface area contributed by atoms with Gasteiger partial charge in [-0.25, -0.2) is 0 Å². The van der Waals surface area contributed by atoms with E-state index in [1.807, 2.05) is 61.5 Å². The van der Waals surface area contributed by atoms with Crippen LogP contribution in [0.25, 0.3) is 5.00 Å². The Bertz CT molecular complexity index is 1360. The van der Waals surface area contributed by atoms with Gasteiger partial charge in [0.2, 0.25) is 0 Å². The summed E-state index contributed by atoms with van der Waals surface area (Å²) in [7, 11) is 0. The molecule has 9 heteroatoms. The van der Waals surface area contributed by atoms with E-state index >= 15 is 0 Å². The van der Waals surface area contributed by atoms with Crippen LogP contribution in [0.4, 0.5) is 5.69 Å². The van der Waals surface area contributed by atoms with Crippen LogP contribution in [0.3, 0.4) is 0 Å². The normalized spacial score (nSPS) is 14.6. The first-order valence-electron chi connectivity index (χ1n) is 10.6. The second kappa shape index (κ2) is 9.05. The first kappa shape index (κ1) is 21.8. The topological polar surface area (TPSA) is 67.1 Å². The van der Waals surface area contributed by atoms with Gasteiger partial charge in [0, 0.05) is 26.7 Å². The molecule has 2 aromatic heterocycles. The first-order valence-corrected chi connectivity index (χ1v) is 12.2. The van der Waals surface area contributed by atoms with Crippen LogP contribution in [0.5, 0.6) is 0 Å². The van der Waals surface area contributed by atoms with Crippen molar-refractivity contribution in [1.82, 2.24) is 20.1 Å². The molecule has 1 unspecified atom stereocenters. The molecule has 2 aromatic carbocycles. The molecule has 2 N–H and O–H groups in total. The van der Waals surface area contributed by atoms with Gasteiger partial charge >= 0.3 is 0 Å². The number of fused-ring (bicyclic) bond motifs is 3. The third kappa shape index (κ3) is 4.17. The molecule has 166 valence electrons. The average Bonchev–Trinajstić information content (AvgIpc) is 3.38. The van der Waals surface area contributed by atoms with Crippen LogP contribution in [-0.4, -0.2) is 25.6 Å².